The summed E-state index contributed by atoms with van der Waals surface area (Å²) < 4.78 is 15.1. The van der Waals surface area contributed by atoms with E-state index in [1.54, 1.807) is 64.9 Å². The normalized spacial score (nSPS) is 12.5. The lowest BCUT2D eigenvalue weighted by atomic mass is 10.0. The van der Waals surface area contributed by atoms with Gasteiger partial charge in [-0.25, -0.2) is 24.4 Å². The monoisotopic (exact) mass is 893 g/mol. The Morgan fingerprint density at radius 2 is 1.26 bits per heavy atom. The number of alkyl carbamates (subject to hydrolysis) is 2. The minimum absolute atomic E-state index is 0.144. The third-order valence-corrected chi connectivity index (χ3v) is 10.2. The van der Waals surface area contributed by atoms with Gasteiger partial charge in [-0.1, -0.05) is 69.9 Å². The van der Waals surface area contributed by atoms with Crippen molar-refractivity contribution >= 4 is 30.1 Å². The number of carbonyl (C=O) groups excluding carboxylic acids is 5. The second-order valence-electron chi connectivity index (χ2n) is 17.2. The number of carbonyl (C=O) groups is 5. The Bertz CT molecular complexity index is 2320. The van der Waals surface area contributed by atoms with Crippen molar-refractivity contribution in [1.82, 2.24) is 45.3 Å². The molecular formula is C48H63N9O8. The van der Waals surface area contributed by atoms with Gasteiger partial charge in [0.25, 0.3) is 0 Å². The van der Waals surface area contributed by atoms with Crippen LogP contribution in [0.4, 0.5) is 14.4 Å². The number of aromatic nitrogens is 4. The SMILES string of the molecule is C=CCCN(Cc1ncc(-c2ccc(C#Cc3ccc(-c4cnc([C@H](C)N(CN(C)C(=O)OC(C)(C)C)C(=O)[C@@H](NC(=O)OC)C(C)C)[nH]4)cc3)cc2)[nH]1)C(=O)[C@@H](NC(=O)OC)C(C)C. The van der Waals surface area contributed by atoms with Gasteiger partial charge in [0.2, 0.25) is 11.8 Å². The number of nitrogens with one attached hydrogen (secondary N) is 4. The molecule has 65 heavy (non-hydrogen) atoms. The van der Waals surface area contributed by atoms with Crippen LogP contribution in [0.2, 0.25) is 0 Å². The number of benzene rings is 2. The van der Waals surface area contributed by atoms with E-state index in [9.17, 15) is 24.0 Å². The van der Waals surface area contributed by atoms with Crippen molar-refractivity contribution in [2.24, 2.45) is 11.8 Å². The lowest BCUT2D eigenvalue weighted by Gasteiger charge is -2.36. The summed E-state index contributed by atoms with van der Waals surface area (Å²) in [7, 11) is 4.02. The summed E-state index contributed by atoms with van der Waals surface area (Å²) >= 11 is 0. The van der Waals surface area contributed by atoms with Crippen LogP contribution in [0, 0.1) is 23.7 Å². The molecule has 0 radical (unpaired) electrons. The van der Waals surface area contributed by atoms with Crippen LogP contribution in [0.3, 0.4) is 0 Å². The predicted molar refractivity (Wildman–Crippen MR) is 247 cm³/mol. The van der Waals surface area contributed by atoms with Gasteiger partial charge in [0.05, 0.1) is 57.3 Å². The minimum Gasteiger partial charge on any atom is -0.453 e. The van der Waals surface area contributed by atoms with E-state index in [4.69, 9.17) is 14.2 Å². The maximum atomic E-state index is 14.1. The molecule has 0 bridgehead atoms. The molecule has 0 aliphatic rings. The second-order valence-corrected chi connectivity index (χ2v) is 17.2. The Morgan fingerprint density at radius 3 is 1.74 bits per heavy atom. The molecule has 17 nitrogen and oxygen atoms in total. The van der Waals surface area contributed by atoms with Crippen molar-refractivity contribution in [2.75, 3.05) is 34.5 Å². The number of methoxy groups -OCH3 is 2. The van der Waals surface area contributed by atoms with Crippen molar-refractivity contribution in [3.05, 3.63) is 96.4 Å². The number of ether oxygens (including phenoxy) is 3. The Labute approximate surface area is 381 Å². The molecule has 0 aliphatic carbocycles. The molecule has 0 saturated carbocycles. The number of hydrogen-bond donors (Lipinski definition) is 4. The zero-order chi connectivity index (χ0) is 48.0. The number of aromatic amines is 2. The number of H-pyrrole nitrogens is 2. The first kappa shape index (κ1) is 50.6. The zero-order valence-corrected chi connectivity index (χ0v) is 39.3. The quantitative estimate of drug-likeness (QED) is 0.0362. The van der Waals surface area contributed by atoms with Gasteiger partial charge >= 0.3 is 18.3 Å². The number of amides is 5. The van der Waals surface area contributed by atoms with Gasteiger partial charge in [-0.05, 0) is 81.3 Å². The smallest absolute Gasteiger partial charge is 0.411 e. The van der Waals surface area contributed by atoms with E-state index >= 15 is 0 Å². The molecule has 4 rings (SSSR count). The largest absolute Gasteiger partial charge is 0.453 e. The van der Waals surface area contributed by atoms with Crippen molar-refractivity contribution < 1.29 is 38.2 Å². The van der Waals surface area contributed by atoms with E-state index in [1.165, 1.54) is 31.1 Å². The summed E-state index contributed by atoms with van der Waals surface area (Å²) in [5.41, 5.74) is 4.07. The van der Waals surface area contributed by atoms with E-state index in [2.05, 4.69) is 49.0 Å². The van der Waals surface area contributed by atoms with Gasteiger partial charge in [0.15, 0.2) is 0 Å². The Balaban J connectivity index is 1.46. The number of rotatable bonds is 17. The van der Waals surface area contributed by atoms with Crippen molar-refractivity contribution in [2.45, 2.75) is 92.1 Å². The summed E-state index contributed by atoms with van der Waals surface area (Å²) in [5, 5.41) is 5.28. The molecule has 348 valence electrons. The number of imidazole rings is 2. The Kier molecular flexibility index (Phi) is 17.9. The summed E-state index contributed by atoms with van der Waals surface area (Å²) in [6.45, 7) is 18.7. The Hall–Kier alpha value is -7.09. The van der Waals surface area contributed by atoms with E-state index < -0.39 is 47.9 Å². The van der Waals surface area contributed by atoms with Crippen molar-refractivity contribution in [1.29, 1.82) is 0 Å². The van der Waals surface area contributed by atoms with Gasteiger partial charge in [0.1, 0.15) is 29.3 Å². The lowest BCUT2D eigenvalue weighted by Crippen LogP contribution is -2.54. The van der Waals surface area contributed by atoms with E-state index in [1.807, 2.05) is 62.4 Å². The third kappa shape index (κ3) is 14.5. The van der Waals surface area contributed by atoms with E-state index in [-0.39, 0.29) is 31.0 Å². The first-order valence-corrected chi connectivity index (χ1v) is 21.4. The average molecular weight is 894 g/mol. The van der Waals surface area contributed by atoms with Gasteiger partial charge in [-0.15, -0.1) is 6.58 Å². The molecule has 0 fully saturated rings. The van der Waals surface area contributed by atoms with Crippen molar-refractivity contribution in [3.8, 4) is 34.4 Å². The fraction of sp³-hybridized carbons (Fsp3) is 0.438. The highest BCUT2D eigenvalue weighted by Gasteiger charge is 2.35. The van der Waals surface area contributed by atoms with Gasteiger partial charge in [-0.2, -0.15) is 0 Å². The maximum absolute atomic E-state index is 14.1. The summed E-state index contributed by atoms with van der Waals surface area (Å²) in [6.07, 6.45) is 3.67. The summed E-state index contributed by atoms with van der Waals surface area (Å²) in [6, 6.07) is 13.0. The maximum Gasteiger partial charge on any atom is 0.411 e. The predicted octanol–water partition coefficient (Wildman–Crippen LogP) is 7.25. The first-order chi connectivity index (χ1) is 30.7. The van der Waals surface area contributed by atoms with Crippen LogP contribution in [0.15, 0.2) is 73.6 Å². The van der Waals surface area contributed by atoms with Gasteiger partial charge in [0, 0.05) is 24.7 Å². The van der Waals surface area contributed by atoms with Crippen LogP contribution in [-0.4, -0.2) is 117 Å². The van der Waals surface area contributed by atoms with Crippen LogP contribution in [-0.2, 0) is 30.3 Å². The molecule has 0 saturated heterocycles. The van der Waals surface area contributed by atoms with Crippen LogP contribution >= 0.6 is 0 Å². The third-order valence-electron chi connectivity index (χ3n) is 10.2. The molecule has 2 aromatic carbocycles. The molecule has 5 amide bonds. The lowest BCUT2D eigenvalue weighted by molar-refractivity contribution is -0.139. The molecular weight excluding hydrogens is 831 g/mol. The summed E-state index contributed by atoms with van der Waals surface area (Å²) in [5.74, 6) is 6.35. The second kappa shape index (κ2) is 23.0. The van der Waals surface area contributed by atoms with Crippen LogP contribution in [0.5, 0.6) is 0 Å². The minimum atomic E-state index is -0.944. The number of nitrogens with zero attached hydrogens (tertiary/aromatic N) is 5. The fourth-order valence-corrected chi connectivity index (χ4v) is 6.52. The van der Waals surface area contributed by atoms with E-state index in [0.29, 0.717) is 30.3 Å². The van der Waals surface area contributed by atoms with Gasteiger partial charge in [-0.3, -0.25) is 14.5 Å². The highest BCUT2D eigenvalue weighted by Crippen LogP contribution is 2.26. The topological polar surface area (TPSA) is 204 Å². The molecule has 4 aromatic rings. The van der Waals surface area contributed by atoms with E-state index in [0.717, 1.165) is 27.9 Å². The Morgan fingerprint density at radius 1 is 0.769 bits per heavy atom. The molecule has 17 heteroatoms. The highest BCUT2D eigenvalue weighted by atomic mass is 16.6. The zero-order valence-electron chi connectivity index (χ0n) is 39.3. The highest BCUT2D eigenvalue weighted by molar-refractivity contribution is 5.87. The fourth-order valence-electron chi connectivity index (χ4n) is 6.52. The average Bonchev–Trinajstić information content (AvgIpc) is 3.97. The molecule has 4 N–H and O–H groups in total. The standard InChI is InChI=1S/C48H63N9O8/c1-13-14-25-56(43(58)40(30(2)3)53-45(60)63-11)28-39-49-26-37(51-39)35-21-17-33(18-22-35)15-16-34-19-23-36(24-20-34)38-27-50-42(52-38)32(6)57(29-55(10)47(62)65-48(7,8)9)44(59)41(31(4)5)54-46(61)64-12/h13,17-24,26-27,30-32,40-41H,1,14,25,28-29H2,2-12H3,(H,49,51)(H,50,52)(H,53,60)(H,54,61)/t32-,40-,41-/m0/s1. The molecule has 0 unspecified atom stereocenters. The summed E-state index contributed by atoms with van der Waals surface area (Å²) in [4.78, 5) is 84.9. The van der Waals surface area contributed by atoms with Crippen LogP contribution < -0.4 is 10.6 Å². The first-order valence-electron chi connectivity index (χ1n) is 21.4. The molecule has 0 spiro atoms. The molecule has 3 atom stereocenters. The van der Waals surface area contributed by atoms with Crippen molar-refractivity contribution in [3.63, 3.8) is 0 Å². The van der Waals surface area contributed by atoms with Crippen LogP contribution in [0.25, 0.3) is 22.5 Å². The molecule has 0 aliphatic heterocycles. The van der Waals surface area contributed by atoms with Crippen LogP contribution in [0.1, 0.15) is 90.6 Å². The van der Waals surface area contributed by atoms with Gasteiger partial charge < -0.3 is 44.6 Å². The molecule has 2 heterocycles. The molecule has 2 aromatic heterocycles. The number of hydrogen-bond acceptors (Lipinski definition) is 10.